The highest BCUT2D eigenvalue weighted by atomic mass is 79.9. The van der Waals surface area contributed by atoms with E-state index in [1.165, 1.54) is 22.4 Å². The molecule has 0 bridgehead atoms. The molecule has 2 heterocycles. The molecule has 3 N–H and O–H groups in total. The molecule has 10 nitrogen and oxygen atoms in total. The number of aromatic amines is 1. The van der Waals surface area contributed by atoms with Crippen LogP contribution in [0.2, 0.25) is 0 Å². The van der Waals surface area contributed by atoms with Gasteiger partial charge in [0.25, 0.3) is 5.56 Å². The van der Waals surface area contributed by atoms with Crippen molar-refractivity contribution in [2.75, 3.05) is 12.0 Å². The Morgan fingerprint density at radius 2 is 2.06 bits per heavy atom. The molecule has 3 rings (SSSR count). The van der Waals surface area contributed by atoms with Gasteiger partial charge in [-0.1, -0.05) is 30.3 Å². The number of anilines is 1. The number of hydrazone groups is 1. The number of rotatable bonds is 9. The Bertz CT molecular complexity index is 1240. The Morgan fingerprint density at radius 3 is 2.75 bits per heavy atom. The van der Waals surface area contributed by atoms with E-state index in [1.807, 2.05) is 50.3 Å². The van der Waals surface area contributed by atoms with Crippen molar-refractivity contribution in [3.8, 4) is 0 Å². The van der Waals surface area contributed by atoms with Crippen LogP contribution in [-0.2, 0) is 18.3 Å². The van der Waals surface area contributed by atoms with Crippen molar-refractivity contribution in [3.63, 3.8) is 0 Å². The average molecular weight is 505 g/mol. The van der Waals surface area contributed by atoms with Gasteiger partial charge in [-0.2, -0.15) is 10.1 Å². The predicted octanol–water partition coefficient (Wildman–Crippen LogP) is 2.04. The van der Waals surface area contributed by atoms with Crippen LogP contribution >= 0.6 is 15.9 Å². The lowest BCUT2D eigenvalue weighted by Gasteiger charge is -2.15. The van der Waals surface area contributed by atoms with Gasteiger partial charge in [0.1, 0.15) is 0 Å². The lowest BCUT2D eigenvalue weighted by molar-refractivity contribution is -0.000105. The number of hydrogen-bond acceptors (Lipinski definition) is 7. The zero-order valence-electron chi connectivity index (χ0n) is 17.9. The average Bonchev–Trinajstić information content (AvgIpc) is 3.10. The number of benzene rings is 1. The monoisotopic (exact) mass is 504 g/mol. The van der Waals surface area contributed by atoms with Crippen LogP contribution in [0.15, 0.2) is 49.5 Å². The molecule has 0 aliphatic rings. The first-order valence-electron chi connectivity index (χ1n) is 9.96. The number of fused-ring (bicyclic) bond motifs is 1. The summed E-state index contributed by atoms with van der Waals surface area (Å²) in [5.74, 6) is 0.201. The van der Waals surface area contributed by atoms with Crippen molar-refractivity contribution < 1.29 is 9.84 Å². The maximum absolute atomic E-state index is 12.5. The van der Waals surface area contributed by atoms with Gasteiger partial charge >= 0.3 is 5.69 Å². The lowest BCUT2D eigenvalue weighted by atomic mass is 10.2. The molecule has 1 atom stereocenters. The van der Waals surface area contributed by atoms with E-state index in [9.17, 15) is 14.7 Å². The number of aliphatic hydroxyl groups excluding tert-OH is 1. The van der Waals surface area contributed by atoms with Gasteiger partial charge in [-0.05, 0) is 41.4 Å². The molecule has 1 unspecified atom stereocenters. The van der Waals surface area contributed by atoms with Crippen LogP contribution in [0.3, 0.4) is 0 Å². The van der Waals surface area contributed by atoms with Crippen molar-refractivity contribution in [1.82, 2.24) is 19.1 Å². The zero-order chi connectivity index (χ0) is 23.3. The summed E-state index contributed by atoms with van der Waals surface area (Å²) in [6.45, 7) is 3.82. The van der Waals surface area contributed by atoms with E-state index < -0.39 is 17.4 Å². The Morgan fingerprint density at radius 1 is 1.34 bits per heavy atom. The molecule has 3 aromatic rings. The first kappa shape index (κ1) is 23.6. The molecular weight excluding hydrogens is 480 g/mol. The van der Waals surface area contributed by atoms with Gasteiger partial charge in [0, 0.05) is 11.5 Å². The fourth-order valence-corrected chi connectivity index (χ4v) is 3.33. The second-order valence-electron chi connectivity index (χ2n) is 7.38. The smallest absolute Gasteiger partial charge is 0.329 e. The van der Waals surface area contributed by atoms with Gasteiger partial charge < -0.3 is 14.4 Å². The topological polar surface area (TPSA) is 127 Å². The van der Waals surface area contributed by atoms with E-state index in [2.05, 4.69) is 36.4 Å². The van der Waals surface area contributed by atoms with Gasteiger partial charge in [-0.15, -0.1) is 0 Å². The number of aliphatic hydroxyl groups is 1. The third kappa shape index (κ3) is 5.81. The molecule has 1 aromatic carbocycles. The van der Waals surface area contributed by atoms with Crippen LogP contribution in [0.5, 0.6) is 0 Å². The van der Waals surface area contributed by atoms with Crippen LogP contribution in [0.1, 0.15) is 19.4 Å². The first-order valence-corrected chi connectivity index (χ1v) is 10.8. The number of H-pyrrole nitrogens is 1. The minimum Gasteiger partial charge on any atom is -0.389 e. The third-order valence-electron chi connectivity index (χ3n) is 4.48. The summed E-state index contributed by atoms with van der Waals surface area (Å²) in [6.07, 6.45) is 2.47. The summed E-state index contributed by atoms with van der Waals surface area (Å²) in [7, 11) is 1.50. The molecule has 0 saturated carbocycles. The minimum atomic E-state index is -0.902. The summed E-state index contributed by atoms with van der Waals surface area (Å²) >= 11 is 3.44. The Labute approximate surface area is 192 Å². The number of ether oxygens (including phenoxy) is 1. The van der Waals surface area contributed by atoms with Gasteiger partial charge in [0.05, 0.1) is 31.6 Å². The molecule has 0 fully saturated rings. The van der Waals surface area contributed by atoms with Crippen LogP contribution in [0.25, 0.3) is 17.2 Å². The van der Waals surface area contributed by atoms with Crippen molar-refractivity contribution in [2.45, 2.75) is 32.6 Å². The maximum Gasteiger partial charge on any atom is 0.329 e. The summed E-state index contributed by atoms with van der Waals surface area (Å²) in [6, 6.07) is 9.70. The van der Waals surface area contributed by atoms with Gasteiger partial charge in [-0.25, -0.2) is 10.2 Å². The fourth-order valence-electron chi connectivity index (χ4n) is 2.96. The Hall–Kier alpha value is -3.02. The number of aryl methyl sites for hydroxylation is 1. The normalized spacial score (nSPS) is 13.4. The van der Waals surface area contributed by atoms with E-state index in [0.29, 0.717) is 4.48 Å². The van der Waals surface area contributed by atoms with Crippen molar-refractivity contribution in [3.05, 3.63) is 61.2 Å². The van der Waals surface area contributed by atoms with Crippen molar-refractivity contribution >= 4 is 45.3 Å². The number of aromatic nitrogens is 4. The molecule has 0 saturated heterocycles. The van der Waals surface area contributed by atoms with Crippen LogP contribution < -0.4 is 16.7 Å². The number of nitrogens with one attached hydrogen (secondary N) is 2. The van der Waals surface area contributed by atoms with Crippen LogP contribution in [-0.4, -0.2) is 49.2 Å². The number of halogens is 1. The molecule has 0 aliphatic heterocycles. The molecule has 0 spiro atoms. The number of hydrogen-bond donors (Lipinski definition) is 3. The van der Waals surface area contributed by atoms with Crippen LogP contribution in [0, 0.1) is 0 Å². The zero-order valence-corrected chi connectivity index (χ0v) is 19.5. The van der Waals surface area contributed by atoms with E-state index in [4.69, 9.17) is 4.74 Å². The number of nitrogens with zero attached hydrogens (tertiary/aromatic N) is 4. The van der Waals surface area contributed by atoms with E-state index in [1.54, 1.807) is 0 Å². The SMILES string of the molecule is CC(C)OCC(O)Cn1c(NN=CC(Br)=Cc2ccccc2)nc2c1c(=O)[nH]c(=O)n2C. The summed E-state index contributed by atoms with van der Waals surface area (Å²) in [5.41, 5.74) is 2.92. The second kappa shape index (κ2) is 10.5. The Kier molecular flexibility index (Phi) is 7.78. The number of allylic oxidation sites excluding steroid dienone is 1. The molecule has 32 heavy (non-hydrogen) atoms. The molecule has 11 heteroatoms. The quantitative estimate of drug-likeness (QED) is 0.302. The fraction of sp³-hybridized carbons (Fsp3) is 0.333. The highest BCUT2D eigenvalue weighted by Gasteiger charge is 2.19. The molecule has 0 radical (unpaired) electrons. The van der Waals surface area contributed by atoms with Gasteiger partial charge in [-0.3, -0.25) is 14.3 Å². The first-order chi connectivity index (χ1) is 15.3. The van der Waals surface area contributed by atoms with Crippen molar-refractivity contribution in [1.29, 1.82) is 0 Å². The summed E-state index contributed by atoms with van der Waals surface area (Å²) in [4.78, 5) is 31.1. The van der Waals surface area contributed by atoms with Gasteiger partial charge in [0.15, 0.2) is 11.2 Å². The summed E-state index contributed by atoms with van der Waals surface area (Å²) in [5, 5.41) is 14.6. The second-order valence-corrected chi connectivity index (χ2v) is 8.30. The standard InChI is InChI=1S/C21H25BrN6O4/c1-13(2)32-12-16(29)11-28-17-18(27(3)21(31)25-19(17)30)24-20(28)26-23-10-15(22)9-14-7-5-4-6-8-14/h4-10,13,16,29H,11-12H2,1-3H3,(H,24,26)(H,25,30,31). The maximum atomic E-state index is 12.5. The third-order valence-corrected chi connectivity index (χ3v) is 4.91. The van der Waals surface area contributed by atoms with E-state index in [-0.39, 0.29) is 36.4 Å². The van der Waals surface area contributed by atoms with Gasteiger partial charge in [0.2, 0.25) is 5.95 Å². The highest BCUT2D eigenvalue weighted by molar-refractivity contribution is 9.12. The number of imidazole rings is 1. The molecule has 170 valence electrons. The van der Waals surface area contributed by atoms with E-state index in [0.717, 1.165) is 5.56 Å². The minimum absolute atomic E-state index is 0.0172. The largest absolute Gasteiger partial charge is 0.389 e. The lowest BCUT2D eigenvalue weighted by Crippen LogP contribution is -2.30. The predicted molar refractivity (Wildman–Crippen MR) is 128 cm³/mol. The molecule has 0 aliphatic carbocycles. The molecule has 0 amide bonds. The molecular formula is C21H25BrN6O4. The highest BCUT2D eigenvalue weighted by Crippen LogP contribution is 2.17. The summed E-state index contributed by atoms with van der Waals surface area (Å²) < 4.78 is 8.87. The van der Waals surface area contributed by atoms with E-state index >= 15 is 0 Å². The van der Waals surface area contributed by atoms with Crippen molar-refractivity contribution in [2.24, 2.45) is 12.1 Å². The molecule has 2 aromatic heterocycles. The van der Waals surface area contributed by atoms with Crippen LogP contribution in [0.4, 0.5) is 5.95 Å². The Balaban J connectivity index is 1.92.